The number of benzene rings is 2. The van der Waals surface area contributed by atoms with Crippen LogP contribution in [0.5, 0.6) is 0 Å². The SMILES string of the molecule is [Fe].c1ccc(-[c-]2[cH-][cH-][cH-][cH-]2)cc1.c1ccc(-[c-]2cccc2)cc1. The van der Waals surface area contributed by atoms with E-state index in [0.717, 1.165) is 0 Å². The molecule has 0 bridgehead atoms. The minimum Gasteiger partial charge on any atom is -0.642 e. The van der Waals surface area contributed by atoms with Crippen LogP contribution in [0.1, 0.15) is 0 Å². The average Bonchev–Trinajstić information content (AvgIpc) is 3.31. The van der Waals surface area contributed by atoms with Crippen LogP contribution in [-0.2, 0) is 17.1 Å². The Labute approximate surface area is 148 Å². The van der Waals surface area contributed by atoms with Crippen molar-refractivity contribution in [3.8, 4) is 22.3 Å². The molecule has 0 spiro atoms. The van der Waals surface area contributed by atoms with Gasteiger partial charge in [0.05, 0.1) is 0 Å². The molecule has 4 rings (SSSR count). The van der Waals surface area contributed by atoms with E-state index in [0.29, 0.717) is 0 Å². The summed E-state index contributed by atoms with van der Waals surface area (Å²) >= 11 is 0. The van der Waals surface area contributed by atoms with Crippen LogP contribution in [0.4, 0.5) is 0 Å². The van der Waals surface area contributed by atoms with E-state index in [2.05, 4.69) is 97.1 Å². The van der Waals surface area contributed by atoms with Gasteiger partial charge in [-0.05, 0) is 0 Å². The largest absolute Gasteiger partial charge is 0.642 e. The molecule has 0 saturated heterocycles. The summed E-state index contributed by atoms with van der Waals surface area (Å²) in [5, 5.41) is 0. The Morgan fingerprint density at radius 1 is 0.565 bits per heavy atom. The fourth-order valence-electron chi connectivity index (χ4n) is 2.39. The van der Waals surface area contributed by atoms with Crippen molar-refractivity contribution in [2.45, 2.75) is 0 Å². The van der Waals surface area contributed by atoms with Crippen LogP contribution in [-0.4, -0.2) is 0 Å². The zero-order chi connectivity index (χ0) is 15.0. The van der Waals surface area contributed by atoms with Gasteiger partial charge in [0.2, 0.25) is 0 Å². The van der Waals surface area contributed by atoms with E-state index in [1.54, 1.807) is 0 Å². The summed E-state index contributed by atoms with van der Waals surface area (Å²) in [4.78, 5) is 0. The summed E-state index contributed by atoms with van der Waals surface area (Å²) in [5.41, 5.74) is 5.17. The first-order chi connectivity index (χ1) is 10.9. The van der Waals surface area contributed by atoms with Gasteiger partial charge in [-0.25, -0.2) is 0 Å². The second kappa shape index (κ2) is 8.95. The minimum atomic E-state index is 0. The maximum absolute atomic E-state index is 2.12. The molecule has 0 fully saturated rings. The van der Waals surface area contributed by atoms with Crippen molar-refractivity contribution in [1.29, 1.82) is 0 Å². The molecule has 0 atom stereocenters. The Bertz CT molecular complexity index is 682. The van der Waals surface area contributed by atoms with Crippen LogP contribution in [0.3, 0.4) is 0 Å². The van der Waals surface area contributed by atoms with E-state index in [1.807, 2.05) is 12.1 Å². The molecule has 0 aromatic heterocycles. The first-order valence-corrected chi connectivity index (χ1v) is 7.48. The van der Waals surface area contributed by atoms with Crippen molar-refractivity contribution in [2.24, 2.45) is 0 Å². The van der Waals surface area contributed by atoms with Crippen LogP contribution >= 0.6 is 0 Å². The Kier molecular flexibility index (Phi) is 6.62. The molecule has 0 unspecified atom stereocenters. The molecule has 0 aliphatic carbocycles. The van der Waals surface area contributed by atoms with E-state index in [1.165, 1.54) is 22.3 Å². The van der Waals surface area contributed by atoms with Gasteiger partial charge < -0.3 is 47.5 Å². The Morgan fingerprint density at radius 3 is 1.57 bits per heavy atom. The Balaban J connectivity index is 0.000000160. The fourth-order valence-corrected chi connectivity index (χ4v) is 2.39. The normalized spacial score (nSPS) is 9.39. The molecule has 0 nitrogen and oxygen atoms in total. The van der Waals surface area contributed by atoms with Crippen LogP contribution in [0, 0.1) is 0 Å². The third-order valence-corrected chi connectivity index (χ3v) is 3.54. The first kappa shape index (κ1) is 17.0. The van der Waals surface area contributed by atoms with E-state index in [9.17, 15) is 0 Å². The second-order valence-corrected chi connectivity index (χ2v) is 5.08. The van der Waals surface area contributed by atoms with Gasteiger partial charge in [0.1, 0.15) is 0 Å². The van der Waals surface area contributed by atoms with Gasteiger partial charge in [-0.3, -0.25) is 0 Å². The second-order valence-electron chi connectivity index (χ2n) is 5.08. The minimum absolute atomic E-state index is 0. The summed E-state index contributed by atoms with van der Waals surface area (Å²) in [5.74, 6) is 0. The van der Waals surface area contributed by atoms with Crippen molar-refractivity contribution < 1.29 is 17.1 Å². The summed E-state index contributed by atoms with van der Waals surface area (Å²) < 4.78 is 0. The molecule has 4 aromatic carbocycles. The third kappa shape index (κ3) is 4.82. The zero-order valence-electron chi connectivity index (χ0n) is 12.7. The average molecular weight is 338 g/mol. The molecule has 0 aliphatic heterocycles. The van der Waals surface area contributed by atoms with Crippen LogP contribution < -0.4 is 0 Å². The number of hydrogen-bond donors (Lipinski definition) is 0. The van der Waals surface area contributed by atoms with Crippen LogP contribution in [0.25, 0.3) is 22.3 Å². The quantitative estimate of drug-likeness (QED) is 0.304. The monoisotopic (exact) mass is 338 g/mol. The number of hydrogen-bond acceptors (Lipinski definition) is 0. The van der Waals surface area contributed by atoms with E-state index >= 15 is 0 Å². The topological polar surface area (TPSA) is 0 Å². The van der Waals surface area contributed by atoms with Gasteiger partial charge in [0, 0.05) is 17.1 Å². The summed E-state index contributed by atoms with van der Waals surface area (Å²) in [6.45, 7) is 0. The van der Waals surface area contributed by atoms with Crippen LogP contribution in [0.15, 0.2) is 109 Å². The van der Waals surface area contributed by atoms with Crippen molar-refractivity contribution >= 4 is 0 Å². The van der Waals surface area contributed by atoms with Crippen molar-refractivity contribution in [3.05, 3.63) is 109 Å². The summed E-state index contributed by atoms with van der Waals surface area (Å²) in [6.07, 6.45) is 0. The van der Waals surface area contributed by atoms with Gasteiger partial charge in [-0.15, -0.1) is 35.9 Å². The maximum Gasteiger partial charge on any atom is 0 e. The maximum atomic E-state index is 2.12. The van der Waals surface area contributed by atoms with Gasteiger partial charge in [0.15, 0.2) is 0 Å². The molecule has 1 heteroatoms. The molecule has 120 valence electrons. The smallest absolute Gasteiger partial charge is 0 e. The third-order valence-electron chi connectivity index (χ3n) is 3.54. The molecule has 0 saturated carbocycles. The van der Waals surface area contributed by atoms with Gasteiger partial charge in [-0.2, -0.15) is 24.3 Å². The molecule has 0 amide bonds. The molecule has 4 aromatic rings. The standard InChI is InChI=1S/2C11H9.Fe/c2*1-2-6-10(7-3-1)11-8-4-5-9-11;/h2*1-9H;/q-5;-1;. The molecule has 0 heterocycles. The van der Waals surface area contributed by atoms with Crippen molar-refractivity contribution in [1.82, 2.24) is 0 Å². The van der Waals surface area contributed by atoms with Gasteiger partial charge >= 0.3 is 0 Å². The number of rotatable bonds is 2. The first-order valence-electron chi connectivity index (χ1n) is 7.48. The fraction of sp³-hybridized carbons (Fsp3) is 0. The Morgan fingerprint density at radius 2 is 1.04 bits per heavy atom. The molecular formula is C22H18Fe-6. The zero-order valence-corrected chi connectivity index (χ0v) is 13.9. The molecule has 0 radical (unpaired) electrons. The molecule has 0 aliphatic rings. The summed E-state index contributed by atoms with van der Waals surface area (Å²) in [7, 11) is 0. The van der Waals surface area contributed by atoms with E-state index in [-0.39, 0.29) is 17.1 Å². The Hall–Kier alpha value is -2.34. The van der Waals surface area contributed by atoms with E-state index in [4.69, 9.17) is 0 Å². The van der Waals surface area contributed by atoms with Crippen LogP contribution in [0.2, 0.25) is 0 Å². The molecule has 0 N–H and O–H groups in total. The predicted molar refractivity (Wildman–Crippen MR) is 94.9 cm³/mol. The van der Waals surface area contributed by atoms with Crippen molar-refractivity contribution in [3.63, 3.8) is 0 Å². The van der Waals surface area contributed by atoms with Gasteiger partial charge in [-0.1, -0.05) is 23.8 Å². The molecule has 23 heavy (non-hydrogen) atoms. The van der Waals surface area contributed by atoms with Gasteiger partial charge in [0.25, 0.3) is 0 Å². The summed E-state index contributed by atoms with van der Waals surface area (Å²) in [6, 6.07) is 37.5. The van der Waals surface area contributed by atoms with E-state index < -0.39 is 0 Å². The molecular weight excluding hydrogens is 320 g/mol. The predicted octanol–water partition coefficient (Wildman–Crippen LogP) is 6.14. The van der Waals surface area contributed by atoms with Crippen molar-refractivity contribution in [2.75, 3.05) is 0 Å².